The fourth-order valence-corrected chi connectivity index (χ4v) is 2.10. The third-order valence-electron chi connectivity index (χ3n) is 3.42. The summed E-state index contributed by atoms with van der Waals surface area (Å²) in [4.78, 5) is 2.32. The van der Waals surface area contributed by atoms with Gasteiger partial charge in [-0.05, 0) is 31.7 Å². The molecule has 0 aliphatic heterocycles. The summed E-state index contributed by atoms with van der Waals surface area (Å²) in [7, 11) is 2.14. The summed E-state index contributed by atoms with van der Waals surface area (Å²) in [5.74, 6) is 0.882. The molecular formula is C14H22N2O. The molecule has 94 valence electrons. The quantitative estimate of drug-likeness (QED) is 0.796. The van der Waals surface area contributed by atoms with Gasteiger partial charge in [0.1, 0.15) is 5.75 Å². The SMILES string of the molecule is CCCOc1cc(N)cc(N(C)C2CCC2)c1. The highest BCUT2D eigenvalue weighted by Gasteiger charge is 2.22. The number of hydrogen-bond donors (Lipinski definition) is 1. The van der Waals surface area contributed by atoms with Crippen molar-refractivity contribution in [2.75, 3.05) is 24.3 Å². The summed E-state index contributed by atoms with van der Waals surface area (Å²) in [5.41, 5.74) is 7.87. The van der Waals surface area contributed by atoms with E-state index in [1.807, 2.05) is 12.1 Å². The standard InChI is InChI=1S/C14H22N2O/c1-3-7-17-14-9-11(15)8-13(10-14)16(2)12-5-4-6-12/h8-10,12H,3-7,15H2,1-2H3. The molecule has 1 aromatic carbocycles. The van der Waals surface area contributed by atoms with E-state index in [0.717, 1.165) is 24.5 Å². The van der Waals surface area contributed by atoms with E-state index < -0.39 is 0 Å². The molecule has 1 aromatic rings. The predicted molar refractivity (Wildman–Crippen MR) is 72.7 cm³/mol. The van der Waals surface area contributed by atoms with Crippen LogP contribution in [0.4, 0.5) is 11.4 Å². The van der Waals surface area contributed by atoms with Crippen LogP contribution in [0.15, 0.2) is 18.2 Å². The molecule has 0 aromatic heterocycles. The van der Waals surface area contributed by atoms with Gasteiger partial charge in [0.15, 0.2) is 0 Å². The first kappa shape index (κ1) is 12.1. The summed E-state index contributed by atoms with van der Waals surface area (Å²) in [6, 6.07) is 6.69. The molecule has 0 spiro atoms. The van der Waals surface area contributed by atoms with Crippen molar-refractivity contribution in [1.82, 2.24) is 0 Å². The maximum absolute atomic E-state index is 5.92. The van der Waals surface area contributed by atoms with Crippen LogP contribution < -0.4 is 15.4 Å². The highest BCUT2D eigenvalue weighted by Crippen LogP contribution is 2.31. The molecule has 2 rings (SSSR count). The zero-order valence-electron chi connectivity index (χ0n) is 10.8. The van der Waals surface area contributed by atoms with Crippen LogP contribution in [0.3, 0.4) is 0 Å². The van der Waals surface area contributed by atoms with Crippen molar-refractivity contribution in [3.8, 4) is 5.75 Å². The Morgan fingerprint density at radius 1 is 1.35 bits per heavy atom. The maximum atomic E-state index is 5.92. The van der Waals surface area contributed by atoms with Crippen LogP contribution in [0.2, 0.25) is 0 Å². The van der Waals surface area contributed by atoms with E-state index >= 15 is 0 Å². The lowest BCUT2D eigenvalue weighted by Gasteiger charge is -2.36. The zero-order chi connectivity index (χ0) is 12.3. The van der Waals surface area contributed by atoms with Crippen LogP contribution >= 0.6 is 0 Å². The minimum absolute atomic E-state index is 0.677. The molecule has 1 fully saturated rings. The van der Waals surface area contributed by atoms with Crippen molar-refractivity contribution in [2.24, 2.45) is 0 Å². The van der Waals surface area contributed by atoms with Gasteiger partial charge in [-0.3, -0.25) is 0 Å². The van der Waals surface area contributed by atoms with Crippen molar-refractivity contribution < 1.29 is 4.74 Å². The summed E-state index contributed by atoms with van der Waals surface area (Å²) < 4.78 is 5.65. The Labute approximate surface area is 104 Å². The normalized spacial score (nSPS) is 15.4. The van der Waals surface area contributed by atoms with Crippen LogP contribution in [-0.4, -0.2) is 19.7 Å². The van der Waals surface area contributed by atoms with Crippen molar-refractivity contribution in [3.63, 3.8) is 0 Å². The highest BCUT2D eigenvalue weighted by molar-refractivity contribution is 5.60. The van der Waals surface area contributed by atoms with Gasteiger partial charge in [-0.1, -0.05) is 6.92 Å². The minimum atomic E-state index is 0.677. The smallest absolute Gasteiger partial charge is 0.123 e. The Hall–Kier alpha value is -1.38. The molecule has 2 N–H and O–H groups in total. The molecule has 17 heavy (non-hydrogen) atoms. The van der Waals surface area contributed by atoms with Crippen molar-refractivity contribution in [1.29, 1.82) is 0 Å². The van der Waals surface area contributed by atoms with Gasteiger partial charge in [-0.15, -0.1) is 0 Å². The van der Waals surface area contributed by atoms with Gasteiger partial charge in [0.2, 0.25) is 0 Å². The molecule has 1 aliphatic carbocycles. The van der Waals surface area contributed by atoms with Gasteiger partial charge < -0.3 is 15.4 Å². The lowest BCUT2D eigenvalue weighted by molar-refractivity contribution is 0.317. The molecule has 0 radical (unpaired) electrons. The third-order valence-corrected chi connectivity index (χ3v) is 3.42. The van der Waals surface area contributed by atoms with Gasteiger partial charge in [0, 0.05) is 36.6 Å². The first-order chi connectivity index (χ1) is 8.20. The summed E-state index contributed by atoms with van der Waals surface area (Å²) in [6.45, 7) is 2.85. The van der Waals surface area contributed by atoms with E-state index in [9.17, 15) is 0 Å². The number of nitrogens with zero attached hydrogens (tertiary/aromatic N) is 1. The van der Waals surface area contributed by atoms with Crippen molar-refractivity contribution in [3.05, 3.63) is 18.2 Å². The second kappa shape index (κ2) is 5.30. The second-order valence-electron chi connectivity index (χ2n) is 4.80. The van der Waals surface area contributed by atoms with Gasteiger partial charge in [0.25, 0.3) is 0 Å². The Morgan fingerprint density at radius 3 is 2.71 bits per heavy atom. The van der Waals surface area contributed by atoms with Crippen LogP contribution in [0.1, 0.15) is 32.6 Å². The average Bonchev–Trinajstić information content (AvgIpc) is 2.23. The lowest BCUT2D eigenvalue weighted by Crippen LogP contribution is -2.37. The minimum Gasteiger partial charge on any atom is -0.493 e. The number of hydrogen-bond acceptors (Lipinski definition) is 3. The first-order valence-electron chi connectivity index (χ1n) is 6.47. The van der Waals surface area contributed by atoms with Crippen molar-refractivity contribution in [2.45, 2.75) is 38.6 Å². The summed E-state index contributed by atoms with van der Waals surface area (Å²) in [6.07, 6.45) is 4.94. The molecular weight excluding hydrogens is 212 g/mol. The van der Waals surface area contributed by atoms with Crippen LogP contribution in [-0.2, 0) is 0 Å². The number of anilines is 2. The molecule has 1 saturated carbocycles. The van der Waals surface area contributed by atoms with Gasteiger partial charge in [-0.25, -0.2) is 0 Å². The molecule has 3 heteroatoms. The average molecular weight is 234 g/mol. The monoisotopic (exact) mass is 234 g/mol. The van der Waals surface area contributed by atoms with Crippen LogP contribution in [0, 0.1) is 0 Å². The van der Waals surface area contributed by atoms with E-state index in [0.29, 0.717) is 6.04 Å². The number of ether oxygens (including phenoxy) is 1. The molecule has 0 saturated heterocycles. The Bertz CT molecular complexity index is 374. The Morgan fingerprint density at radius 2 is 2.12 bits per heavy atom. The lowest BCUT2D eigenvalue weighted by atomic mass is 9.91. The topological polar surface area (TPSA) is 38.5 Å². The summed E-state index contributed by atoms with van der Waals surface area (Å²) in [5, 5.41) is 0. The van der Waals surface area contributed by atoms with E-state index in [1.54, 1.807) is 0 Å². The summed E-state index contributed by atoms with van der Waals surface area (Å²) >= 11 is 0. The van der Waals surface area contributed by atoms with Crippen LogP contribution in [0.25, 0.3) is 0 Å². The largest absolute Gasteiger partial charge is 0.493 e. The number of nitrogens with two attached hydrogens (primary N) is 1. The first-order valence-corrected chi connectivity index (χ1v) is 6.47. The Kier molecular flexibility index (Phi) is 3.77. The molecule has 3 nitrogen and oxygen atoms in total. The maximum Gasteiger partial charge on any atom is 0.123 e. The van der Waals surface area contributed by atoms with E-state index in [-0.39, 0.29) is 0 Å². The van der Waals surface area contributed by atoms with E-state index in [2.05, 4.69) is 24.9 Å². The van der Waals surface area contributed by atoms with Gasteiger partial charge in [-0.2, -0.15) is 0 Å². The number of nitrogen functional groups attached to an aromatic ring is 1. The molecule has 0 bridgehead atoms. The molecule has 0 heterocycles. The fourth-order valence-electron chi connectivity index (χ4n) is 2.10. The molecule has 0 unspecified atom stereocenters. The number of rotatable bonds is 5. The Balaban J connectivity index is 2.12. The molecule has 0 atom stereocenters. The van der Waals surface area contributed by atoms with Crippen molar-refractivity contribution >= 4 is 11.4 Å². The molecule has 0 amide bonds. The van der Waals surface area contributed by atoms with E-state index in [4.69, 9.17) is 10.5 Å². The second-order valence-corrected chi connectivity index (χ2v) is 4.80. The third kappa shape index (κ3) is 2.84. The fraction of sp³-hybridized carbons (Fsp3) is 0.571. The predicted octanol–water partition coefficient (Wildman–Crippen LogP) is 3.05. The number of benzene rings is 1. The zero-order valence-corrected chi connectivity index (χ0v) is 10.8. The van der Waals surface area contributed by atoms with Gasteiger partial charge in [0.05, 0.1) is 6.61 Å². The van der Waals surface area contributed by atoms with Gasteiger partial charge >= 0.3 is 0 Å². The van der Waals surface area contributed by atoms with E-state index in [1.165, 1.54) is 24.9 Å². The molecule has 1 aliphatic rings. The van der Waals surface area contributed by atoms with Crippen LogP contribution in [0.5, 0.6) is 5.75 Å². The highest BCUT2D eigenvalue weighted by atomic mass is 16.5.